The first-order chi connectivity index (χ1) is 19.3. The van der Waals surface area contributed by atoms with Crippen LogP contribution in [0.1, 0.15) is 106 Å². The van der Waals surface area contributed by atoms with Gasteiger partial charge in [0.05, 0.1) is 12.1 Å². The lowest BCUT2D eigenvalue weighted by Gasteiger charge is -2.36. The summed E-state index contributed by atoms with van der Waals surface area (Å²) < 4.78 is 0. The van der Waals surface area contributed by atoms with E-state index in [0.717, 1.165) is 44.9 Å². The number of hydrogen-bond acceptors (Lipinski definition) is 6. The van der Waals surface area contributed by atoms with E-state index >= 15 is 0 Å². The number of hydrogen-bond donors (Lipinski definition) is 4. The number of nitrogens with one attached hydrogen (secondary N) is 3. The van der Waals surface area contributed by atoms with Crippen molar-refractivity contribution in [1.29, 1.82) is 0 Å². The van der Waals surface area contributed by atoms with Crippen LogP contribution in [0.4, 0.5) is 4.79 Å². The molecule has 2 aliphatic carbocycles. The number of carbonyl (C=O) groups excluding carboxylic acids is 6. The number of urea groups is 1. The molecule has 0 radical (unpaired) electrons. The Hall–Kier alpha value is -2.98. The molecule has 11 heteroatoms. The van der Waals surface area contributed by atoms with Gasteiger partial charge >= 0.3 is 6.03 Å². The minimum Gasteiger partial charge on any atom is -0.363 e. The van der Waals surface area contributed by atoms with Crippen molar-refractivity contribution in [2.24, 2.45) is 23.0 Å². The van der Waals surface area contributed by atoms with Crippen LogP contribution in [0.2, 0.25) is 0 Å². The monoisotopic (exact) mass is 577 g/mol. The SMILES string of the molecule is CC.CC(=O)C(NC(=O)NC(C(=O)N1CCCC1C(=O)NC(CC1CC1)C(=O)C(N)=O)C(C)(C)C)C1CCCCC1. The minimum absolute atomic E-state index is 0.0733. The van der Waals surface area contributed by atoms with Crippen LogP contribution in [0.3, 0.4) is 0 Å². The Morgan fingerprint density at radius 2 is 1.46 bits per heavy atom. The van der Waals surface area contributed by atoms with Crippen molar-refractivity contribution in [3.05, 3.63) is 0 Å². The third kappa shape index (κ3) is 9.81. The van der Waals surface area contributed by atoms with Crippen LogP contribution in [0.25, 0.3) is 0 Å². The number of likely N-dealkylation sites (tertiary alicyclic amines) is 1. The number of rotatable bonds is 11. The number of nitrogens with zero attached hydrogens (tertiary/aromatic N) is 1. The van der Waals surface area contributed by atoms with Crippen LogP contribution in [-0.4, -0.2) is 70.9 Å². The average molecular weight is 578 g/mol. The van der Waals surface area contributed by atoms with Gasteiger partial charge in [-0.1, -0.05) is 66.7 Å². The maximum atomic E-state index is 13.8. The Bertz CT molecular complexity index is 967. The molecule has 5 amide bonds. The lowest BCUT2D eigenvalue weighted by molar-refractivity contribution is -0.143. The molecule has 5 N–H and O–H groups in total. The molecule has 0 aromatic heterocycles. The van der Waals surface area contributed by atoms with Crippen LogP contribution in [0.5, 0.6) is 0 Å². The highest BCUT2D eigenvalue weighted by atomic mass is 16.2. The van der Waals surface area contributed by atoms with Gasteiger partial charge in [0.2, 0.25) is 17.6 Å². The van der Waals surface area contributed by atoms with Gasteiger partial charge in [0.25, 0.3) is 5.91 Å². The summed E-state index contributed by atoms with van der Waals surface area (Å²) in [7, 11) is 0. The standard InChI is InChI=1S/C28H45N5O6.C2H6/c1-16(34)21(18-9-6-5-7-10-18)31-27(39)32-23(28(2,3)4)26(38)33-14-8-11-20(33)25(37)30-19(15-17-12-13-17)22(35)24(29)36;1-2/h17-21,23H,5-15H2,1-4H3,(H2,29,36)(H,30,37)(H2,31,32,39);1-2H3. The van der Waals surface area contributed by atoms with E-state index in [-0.39, 0.29) is 17.6 Å². The summed E-state index contributed by atoms with van der Waals surface area (Å²) in [6.45, 7) is 11.3. The molecule has 2 saturated carbocycles. The molecular weight excluding hydrogens is 526 g/mol. The second-order valence-electron chi connectivity index (χ2n) is 12.6. The van der Waals surface area contributed by atoms with Crippen LogP contribution < -0.4 is 21.7 Å². The minimum atomic E-state index is -1.10. The highest BCUT2D eigenvalue weighted by molar-refractivity contribution is 6.37. The predicted molar refractivity (Wildman–Crippen MR) is 156 cm³/mol. The fraction of sp³-hybridized carbons (Fsp3) is 0.800. The number of carbonyl (C=O) groups is 6. The molecular formula is C30H51N5O6. The van der Waals surface area contributed by atoms with E-state index in [1.165, 1.54) is 11.8 Å². The van der Waals surface area contributed by atoms with E-state index in [0.29, 0.717) is 25.8 Å². The summed E-state index contributed by atoms with van der Waals surface area (Å²) in [5, 5.41) is 8.27. The van der Waals surface area contributed by atoms with Crippen molar-refractivity contribution in [3.63, 3.8) is 0 Å². The Kier molecular flexibility index (Phi) is 12.8. The summed E-state index contributed by atoms with van der Waals surface area (Å²) >= 11 is 0. The maximum Gasteiger partial charge on any atom is 0.316 e. The molecule has 0 aromatic rings. The van der Waals surface area contributed by atoms with Crippen molar-refractivity contribution >= 4 is 35.3 Å². The summed E-state index contributed by atoms with van der Waals surface area (Å²) in [5.74, 6) is -2.63. The van der Waals surface area contributed by atoms with Gasteiger partial charge in [-0.25, -0.2) is 4.79 Å². The molecule has 4 atom stereocenters. The molecule has 3 fully saturated rings. The zero-order valence-electron chi connectivity index (χ0n) is 25.7. The van der Waals surface area contributed by atoms with E-state index in [2.05, 4.69) is 16.0 Å². The average Bonchev–Trinajstić information content (AvgIpc) is 3.60. The lowest BCUT2D eigenvalue weighted by Crippen LogP contribution is -2.61. The molecule has 11 nitrogen and oxygen atoms in total. The lowest BCUT2D eigenvalue weighted by atomic mass is 9.82. The smallest absolute Gasteiger partial charge is 0.316 e. The molecule has 232 valence electrons. The van der Waals surface area contributed by atoms with Gasteiger partial charge in [-0.3, -0.25) is 24.0 Å². The van der Waals surface area contributed by atoms with E-state index in [1.54, 1.807) is 0 Å². The zero-order chi connectivity index (χ0) is 30.9. The number of Topliss-reactive ketones (excluding diaryl/α,β-unsaturated/α-hetero) is 2. The van der Waals surface area contributed by atoms with E-state index in [4.69, 9.17) is 5.73 Å². The van der Waals surface area contributed by atoms with Gasteiger partial charge in [0, 0.05) is 6.54 Å². The van der Waals surface area contributed by atoms with Gasteiger partial charge in [-0.05, 0) is 56.3 Å². The van der Waals surface area contributed by atoms with Gasteiger partial charge in [0.15, 0.2) is 5.78 Å². The molecule has 1 heterocycles. The molecule has 0 spiro atoms. The van der Waals surface area contributed by atoms with Crippen molar-refractivity contribution < 1.29 is 28.8 Å². The summed E-state index contributed by atoms with van der Waals surface area (Å²) in [4.78, 5) is 77.8. The number of nitrogens with two attached hydrogens (primary N) is 1. The fourth-order valence-electron chi connectivity index (χ4n) is 5.81. The number of primary amides is 1. The van der Waals surface area contributed by atoms with Crippen LogP contribution >= 0.6 is 0 Å². The largest absolute Gasteiger partial charge is 0.363 e. The van der Waals surface area contributed by atoms with E-state index < -0.39 is 59.1 Å². The zero-order valence-corrected chi connectivity index (χ0v) is 25.7. The van der Waals surface area contributed by atoms with Gasteiger partial charge in [0.1, 0.15) is 12.1 Å². The van der Waals surface area contributed by atoms with Crippen molar-refractivity contribution in [2.75, 3.05) is 6.54 Å². The summed E-state index contributed by atoms with van der Waals surface area (Å²) in [6.07, 6.45) is 8.09. The highest BCUT2D eigenvalue weighted by Gasteiger charge is 2.43. The second-order valence-corrected chi connectivity index (χ2v) is 12.6. The van der Waals surface area contributed by atoms with E-state index in [1.807, 2.05) is 34.6 Å². The first kappa shape index (κ1) is 34.2. The molecule has 3 aliphatic rings. The highest BCUT2D eigenvalue weighted by Crippen LogP contribution is 2.34. The van der Waals surface area contributed by atoms with Crippen molar-refractivity contribution in [1.82, 2.24) is 20.9 Å². The second kappa shape index (κ2) is 15.3. The van der Waals surface area contributed by atoms with Crippen LogP contribution in [0, 0.1) is 17.3 Å². The summed E-state index contributed by atoms with van der Waals surface area (Å²) in [5.41, 5.74) is 4.51. The normalized spacial score (nSPS) is 21.4. The Morgan fingerprint density at radius 1 is 0.854 bits per heavy atom. The fourth-order valence-corrected chi connectivity index (χ4v) is 5.81. The first-order valence-corrected chi connectivity index (χ1v) is 15.3. The Morgan fingerprint density at radius 3 is 1.98 bits per heavy atom. The third-order valence-corrected chi connectivity index (χ3v) is 8.21. The predicted octanol–water partition coefficient (Wildman–Crippen LogP) is 2.59. The molecule has 0 bridgehead atoms. The van der Waals surface area contributed by atoms with Crippen molar-refractivity contribution in [2.45, 2.75) is 130 Å². The molecule has 1 saturated heterocycles. The number of amides is 5. The summed E-state index contributed by atoms with van der Waals surface area (Å²) in [6, 6.07) is -4.00. The maximum absolute atomic E-state index is 13.8. The Balaban J connectivity index is 0.00000287. The third-order valence-electron chi connectivity index (χ3n) is 8.21. The number of ketones is 2. The van der Waals surface area contributed by atoms with Gasteiger partial charge < -0.3 is 26.6 Å². The van der Waals surface area contributed by atoms with Crippen molar-refractivity contribution in [3.8, 4) is 0 Å². The quantitative estimate of drug-likeness (QED) is 0.275. The first-order valence-electron chi connectivity index (χ1n) is 15.3. The van der Waals surface area contributed by atoms with Crippen LogP contribution in [0.15, 0.2) is 0 Å². The topological polar surface area (TPSA) is 168 Å². The van der Waals surface area contributed by atoms with Crippen LogP contribution in [-0.2, 0) is 24.0 Å². The Labute approximate surface area is 244 Å². The van der Waals surface area contributed by atoms with Gasteiger partial charge in [-0.15, -0.1) is 0 Å². The molecule has 0 aromatic carbocycles. The van der Waals surface area contributed by atoms with E-state index in [9.17, 15) is 28.8 Å². The molecule has 41 heavy (non-hydrogen) atoms. The molecule has 1 aliphatic heterocycles. The molecule has 4 unspecified atom stereocenters. The van der Waals surface area contributed by atoms with Gasteiger partial charge in [-0.2, -0.15) is 0 Å². The molecule has 3 rings (SSSR count).